The summed E-state index contributed by atoms with van der Waals surface area (Å²) in [5.74, 6) is 0.531. The Morgan fingerprint density at radius 1 is 0.875 bits per heavy atom. The number of nitrogens with one attached hydrogen (secondary N) is 2. The number of carbonyl (C=O) groups excluding carboxylic acids is 2. The number of hydrogen-bond donors (Lipinski definition) is 2. The number of carbonyl (C=O) groups is 2. The van der Waals surface area contributed by atoms with E-state index in [4.69, 9.17) is 21.1 Å². The lowest BCUT2D eigenvalue weighted by molar-refractivity contribution is -0.118. The van der Waals surface area contributed by atoms with Gasteiger partial charge in [-0.15, -0.1) is 0 Å². The van der Waals surface area contributed by atoms with E-state index in [1.807, 2.05) is 26.0 Å². The molecule has 166 valence electrons. The van der Waals surface area contributed by atoms with Crippen molar-refractivity contribution < 1.29 is 19.1 Å². The molecule has 0 unspecified atom stereocenters. The second-order valence-corrected chi connectivity index (χ2v) is 7.89. The predicted octanol–water partition coefficient (Wildman–Crippen LogP) is 5.77. The van der Waals surface area contributed by atoms with Crippen LogP contribution in [0.3, 0.4) is 0 Å². The van der Waals surface area contributed by atoms with E-state index in [9.17, 15) is 9.59 Å². The molecule has 32 heavy (non-hydrogen) atoms. The van der Waals surface area contributed by atoms with Crippen LogP contribution in [0.25, 0.3) is 0 Å². The summed E-state index contributed by atoms with van der Waals surface area (Å²) in [7, 11) is 1.52. The monoisotopic (exact) mass is 452 g/mol. The highest BCUT2D eigenvalue weighted by molar-refractivity contribution is 6.30. The Labute approximate surface area is 192 Å². The lowest BCUT2D eigenvalue weighted by Crippen LogP contribution is -2.17. The van der Waals surface area contributed by atoms with Crippen LogP contribution in [-0.2, 0) is 11.4 Å². The molecule has 7 heteroatoms. The normalized spacial score (nSPS) is 10.5. The maximum Gasteiger partial charge on any atom is 0.255 e. The first kappa shape index (κ1) is 23.2. The summed E-state index contributed by atoms with van der Waals surface area (Å²) in [4.78, 5) is 24.4. The van der Waals surface area contributed by atoms with E-state index in [-0.39, 0.29) is 17.7 Å². The summed E-state index contributed by atoms with van der Waals surface area (Å²) >= 11 is 5.91. The molecular formula is C25H25ClN2O4. The number of methoxy groups -OCH3 is 1. The van der Waals surface area contributed by atoms with Gasteiger partial charge in [0.15, 0.2) is 11.5 Å². The third-order valence-electron chi connectivity index (χ3n) is 4.67. The molecule has 0 atom stereocenters. The molecule has 0 spiro atoms. The fourth-order valence-corrected chi connectivity index (χ4v) is 2.92. The molecule has 0 fully saturated rings. The van der Waals surface area contributed by atoms with Crippen LogP contribution in [0.2, 0.25) is 5.02 Å². The molecule has 0 aliphatic carbocycles. The standard InChI is InChI=1S/C25H25ClN2O4/c1-16(2)24(29)27-20-9-11-21(12-10-20)28-25(30)18-6-13-22(23(14-18)31-3)32-15-17-4-7-19(26)8-5-17/h4-14,16H,15H2,1-3H3,(H,27,29)(H,28,30). The predicted molar refractivity (Wildman–Crippen MR) is 127 cm³/mol. The number of halogens is 1. The molecule has 2 N–H and O–H groups in total. The van der Waals surface area contributed by atoms with Gasteiger partial charge in [0, 0.05) is 27.9 Å². The molecule has 0 aliphatic rings. The molecule has 0 saturated heterocycles. The van der Waals surface area contributed by atoms with Gasteiger partial charge in [-0.1, -0.05) is 37.6 Å². The Hall–Kier alpha value is -3.51. The number of anilines is 2. The van der Waals surface area contributed by atoms with Gasteiger partial charge in [-0.25, -0.2) is 0 Å². The van der Waals surface area contributed by atoms with Crippen molar-refractivity contribution >= 4 is 34.8 Å². The van der Waals surface area contributed by atoms with Gasteiger partial charge in [0.1, 0.15) is 6.61 Å². The van der Waals surface area contributed by atoms with Gasteiger partial charge in [-0.05, 0) is 60.2 Å². The van der Waals surface area contributed by atoms with E-state index >= 15 is 0 Å². The SMILES string of the molecule is COc1cc(C(=O)Nc2ccc(NC(=O)C(C)C)cc2)ccc1OCc1ccc(Cl)cc1. The van der Waals surface area contributed by atoms with Crippen molar-refractivity contribution in [2.45, 2.75) is 20.5 Å². The Kier molecular flexibility index (Phi) is 7.73. The molecule has 6 nitrogen and oxygen atoms in total. The van der Waals surface area contributed by atoms with Crippen molar-refractivity contribution in [1.29, 1.82) is 0 Å². The first-order chi connectivity index (χ1) is 15.4. The fourth-order valence-electron chi connectivity index (χ4n) is 2.80. The van der Waals surface area contributed by atoms with Gasteiger partial charge < -0.3 is 20.1 Å². The highest BCUT2D eigenvalue weighted by atomic mass is 35.5. The molecule has 2 amide bonds. The first-order valence-corrected chi connectivity index (χ1v) is 10.5. The summed E-state index contributed by atoms with van der Waals surface area (Å²) < 4.78 is 11.2. The second-order valence-electron chi connectivity index (χ2n) is 7.46. The van der Waals surface area contributed by atoms with Crippen molar-refractivity contribution in [3.8, 4) is 11.5 Å². The molecule has 0 aromatic heterocycles. The second kappa shape index (κ2) is 10.7. The Balaban J connectivity index is 1.63. The maximum atomic E-state index is 12.7. The number of hydrogen-bond acceptors (Lipinski definition) is 4. The lowest BCUT2D eigenvalue weighted by atomic mass is 10.1. The van der Waals surface area contributed by atoms with Crippen LogP contribution < -0.4 is 20.1 Å². The smallest absolute Gasteiger partial charge is 0.255 e. The summed E-state index contributed by atoms with van der Waals surface area (Å²) in [6, 6.07) is 19.3. The van der Waals surface area contributed by atoms with Crippen LogP contribution in [0, 0.1) is 5.92 Å². The minimum Gasteiger partial charge on any atom is -0.493 e. The van der Waals surface area contributed by atoms with Crippen LogP contribution in [0.4, 0.5) is 11.4 Å². The maximum absolute atomic E-state index is 12.7. The van der Waals surface area contributed by atoms with Gasteiger partial charge >= 0.3 is 0 Å². The molecule has 3 aromatic carbocycles. The summed E-state index contributed by atoms with van der Waals surface area (Å²) in [6.07, 6.45) is 0. The number of ether oxygens (including phenoxy) is 2. The topological polar surface area (TPSA) is 76.7 Å². The number of amides is 2. The van der Waals surface area contributed by atoms with Gasteiger partial charge in [-0.3, -0.25) is 9.59 Å². The van der Waals surface area contributed by atoms with Gasteiger partial charge in [0.25, 0.3) is 5.91 Å². The fraction of sp³-hybridized carbons (Fsp3) is 0.200. The number of benzene rings is 3. The van der Waals surface area contributed by atoms with E-state index in [1.165, 1.54) is 7.11 Å². The molecule has 0 saturated carbocycles. The van der Waals surface area contributed by atoms with Crippen molar-refractivity contribution in [2.75, 3.05) is 17.7 Å². The van der Waals surface area contributed by atoms with Crippen molar-refractivity contribution in [2.24, 2.45) is 5.92 Å². The summed E-state index contributed by atoms with van der Waals surface area (Å²) in [6.45, 7) is 4.00. The average molecular weight is 453 g/mol. The van der Waals surface area contributed by atoms with Crippen LogP contribution in [-0.4, -0.2) is 18.9 Å². The van der Waals surface area contributed by atoms with Crippen LogP contribution >= 0.6 is 11.6 Å². The van der Waals surface area contributed by atoms with Crippen LogP contribution in [0.5, 0.6) is 11.5 Å². The van der Waals surface area contributed by atoms with Crippen molar-refractivity contribution in [3.63, 3.8) is 0 Å². The molecule has 0 aliphatic heterocycles. The Morgan fingerprint density at radius 2 is 1.50 bits per heavy atom. The van der Waals surface area contributed by atoms with Crippen molar-refractivity contribution in [1.82, 2.24) is 0 Å². The summed E-state index contributed by atoms with van der Waals surface area (Å²) in [5, 5.41) is 6.31. The van der Waals surface area contributed by atoms with Crippen LogP contribution in [0.1, 0.15) is 29.8 Å². The summed E-state index contributed by atoms with van der Waals surface area (Å²) in [5.41, 5.74) is 2.68. The van der Waals surface area contributed by atoms with E-state index in [2.05, 4.69) is 10.6 Å². The molecular weight excluding hydrogens is 428 g/mol. The molecule has 0 heterocycles. The minimum absolute atomic E-state index is 0.0627. The van der Waals surface area contributed by atoms with E-state index < -0.39 is 0 Å². The van der Waals surface area contributed by atoms with Gasteiger partial charge in [0.05, 0.1) is 7.11 Å². The zero-order valence-corrected chi connectivity index (χ0v) is 18.9. The third-order valence-corrected chi connectivity index (χ3v) is 4.92. The van der Waals surface area contributed by atoms with E-state index in [0.29, 0.717) is 40.1 Å². The average Bonchev–Trinajstić information content (AvgIpc) is 2.79. The first-order valence-electron chi connectivity index (χ1n) is 10.1. The van der Waals surface area contributed by atoms with E-state index in [0.717, 1.165) is 5.56 Å². The van der Waals surface area contributed by atoms with E-state index in [1.54, 1.807) is 54.6 Å². The quantitative estimate of drug-likeness (QED) is 0.454. The number of rotatable bonds is 8. The highest BCUT2D eigenvalue weighted by Crippen LogP contribution is 2.29. The van der Waals surface area contributed by atoms with Gasteiger partial charge in [0.2, 0.25) is 5.91 Å². The zero-order valence-electron chi connectivity index (χ0n) is 18.1. The minimum atomic E-state index is -0.286. The molecule has 3 rings (SSSR count). The highest BCUT2D eigenvalue weighted by Gasteiger charge is 2.12. The van der Waals surface area contributed by atoms with Crippen LogP contribution in [0.15, 0.2) is 66.7 Å². The zero-order chi connectivity index (χ0) is 23.1. The van der Waals surface area contributed by atoms with Crippen molar-refractivity contribution in [3.05, 3.63) is 82.9 Å². The molecule has 0 bridgehead atoms. The molecule has 3 aromatic rings. The Bertz CT molecular complexity index is 1080. The Morgan fingerprint density at radius 3 is 2.09 bits per heavy atom. The van der Waals surface area contributed by atoms with Gasteiger partial charge in [-0.2, -0.15) is 0 Å². The molecule has 0 radical (unpaired) electrons. The lowest BCUT2D eigenvalue weighted by Gasteiger charge is -2.13. The third kappa shape index (κ3) is 6.25. The largest absolute Gasteiger partial charge is 0.493 e.